The Morgan fingerprint density at radius 3 is 1.45 bits per heavy atom. The van der Waals surface area contributed by atoms with Crippen LogP contribution in [0, 0.1) is 0 Å². The first kappa shape index (κ1) is 8.28. The average Bonchev–Trinajstić information content (AvgIpc) is 3.24. The molecule has 0 nitrogen and oxygen atoms in total. The second-order valence-corrected chi connectivity index (χ2v) is 8.25. The van der Waals surface area contributed by atoms with Crippen LogP contribution in [0.4, 0.5) is 0 Å². The summed E-state index contributed by atoms with van der Waals surface area (Å²) >= 11 is 0. The fraction of sp³-hybridized carbons (Fsp3) is 0. The monoisotopic (exact) mass is 504 g/mol. The number of benzene rings is 8. The van der Waals surface area contributed by atoms with Crippen LogP contribution in [0.15, 0.2) is 145 Å². The van der Waals surface area contributed by atoms with E-state index in [1.54, 1.807) is 0 Å². The van der Waals surface area contributed by atoms with Gasteiger partial charge in [-0.3, -0.25) is 0 Å². The molecule has 0 heterocycles. The molecule has 38 heavy (non-hydrogen) atoms. The minimum atomic E-state index is -0.957. The van der Waals surface area contributed by atoms with Crippen LogP contribution in [-0.2, 0) is 0 Å². The summed E-state index contributed by atoms with van der Waals surface area (Å²) in [6.45, 7) is 0. The van der Waals surface area contributed by atoms with Crippen molar-refractivity contribution in [3.63, 3.8) is 0 Å². The molecule has 0 aliphatic heterocycles. The van der Waals surface area contributed by atoms with Gasteiger partial charge in [-0.05, 0) is 88.2 Å². The van der Waals surface area contributed by atoms with Gasteiger partial charge >= 0.3 is 0 Å². The predicted octanol–water partition coefficient (Wildman–Crippen LogP) is 10.8. The number of hydrogen-bond acceptors (Lipinski definition) is 0. The number of fused-ring (bicyclic) bond motifs is 6. The molecule has 0 saturated carbocycles. The molecule has 0 fully saturated rings. The lowest BCUT2D eigenvalue weighted by Crippen LogP contribution is -1.92. The number of rotatable bonds is 2. The zero-order chi connectivity index (χ0) is 45.9. The molecule has 0 saturated heterocycles. The van der Waals surface area contributed by atoms with Gasteiger partial charge < -0.3 is 0 Å². The van der Waals surface area contributed by atoms with Crippen molar-refractivity contribution in [2.45, 2.75) is 0 Å². The lowest BCUT2D eigenvalue weighted by atomic mass is 9.83. The lowest BCUT2D eigenvalue weighted by molar-refractivity contribution is 1.69. The minimum absolute atomic E-state index is 0.512. The summed E-state index contributed by atoms with van der Waals surface area (Å²) in [5.41, 5.74) is -2.77. The van der Waals surface area contributed by atoms with Crippen LogP contribution in [-0.4, -0.2) is 0 Å². The van der Waals surface area contributed by atoms with Crippen LogP contribution in [0.5, 0.6) is 0 Å². The van der Waals surface area contributed by atoms with E-state index < -0.39 is 221 Å². The average molecular weight is 505 g/mol. The summed E-state index contributed by atoms with van der Waals surface area (Å²) in [5.74, 6) is 0. The summed E-state index contributed by atoms with van der Waals surface area (Å²) in [5, 5.41) is -6.20. The fourth-order valence-corrected chi connectivity index (χ4v) is 4.69. The van der Waals surface area contributed by atoms with Gasteiger partial charge in [0.05, 0.1) is 32.9 Å². The highest BCUT2D eigenvalue weighted by Crippen LogP contribution is 2.46. The Labute approximate surface area is 255 Å². The van der Waals surface area contributed by atoms with Crippen LogP contribution >= 0.6 is 0 Å². The summed E-state index contributed by atoms with van der Waals surface area (Å²) < 4.78 is 214. The van der Waals surface area contributed by atoms with Crippen molar-refractivity contribution >= 4 is 53.9 Å². The van der Waals surface area contributed by atoms with Gasteiger partial charge in [-0.25, -0.2) is 0 Å². The molecule has 176 valence electrons. The van der Waals surface area contributed by atoms with E-state index in [2.05, 4.69) is 0 Å². The van der Waals surface area contributed by atoms with Crippen molar-refractivity contribution in [1.82, 2.24) is 0 Å². The molecule has 0 atom stereocenters. The quantitative estimate of drug-likeness (QED) is 0.162. The maximum Gasteiger partial charge on any atom is 0.0636 e. The third kappa shape index (κ3) is 3.11. The molecule has 0 spiro atoms. The van der Waals surface area contributed by atoms with Crippen LogP contribution in [0.1, 0.15) is 32.9 Å². The highest BCUT2D eigenvalue weighted by molar-refractivity contribution is 6.25. The van der Waals surface area contributed by atoms with Crippen LogP contribution in [0.25, 0.3) is 76.1 Å². The second-order valence-electron chi connectivity index (χ2n) is 8.25. The Morgan fingerprint density at radius 1 is 0.316 bits per heavy atom. The Hall–Kier alpha value is -4.94. The topological polar surface area (TPSA) is 0 Å². The smallest absolute Gasteiger partial charge is 0.0616 e. The third-order valence-corrected chi connectivity index (χ3v) is 6.25. The lowest BCUT2D eigenvalue weighted by Gasteiger charge is -2.19. The van der Waals surface area contributed by atoms with Gasteiger partial charge in [-0.2, -0.15) is 0 Å². The first-order valence-electron chi connectivity index (χ1n) is 23.2. The molecule has 0 heteroatoms. The molecule has 8 aromatic carbocycles. The SMILES string of the molecule is [2H]c1c([2H])c([2H])c2c([2H])c(-c3c4c([2H])c([2H])c([2H])c([2H])c4c(-c4c([2H])c5c([2H])c([2H])c([2H])c([2H])c5c5c([2H])c([2H])c([2H])c([2H])c45)c4c([2H])c([2H])c([2H])c([2H])c34)c([2H])c([2H])c2c1[2H]. The summed E-state index contributed by atoms with van der Waals surface area (Å²) in [6.07, 6.45) is 0. The second kappa shape index (κ2) is 8.30. The molecule has 0 radical (unpaired) electrons. The molecule has 0 unspecified atom stereocenters. The molecule has 0 aliphatic rings. The minimum Gasteiger partial charge on any atom is -0.0616 e. The Bertz CT molecular complexity index is 3420. The van der Waals surface area contributed by atoms with Gasteiger partial charge in [-0.15, -0.1) is 0 Å². The first-order chi connectivity index (χ1) is 28.9. The summed E-state index contributed by atoms with van der Waals surface area (Å²) in [4.78, 5) is 0. The highest BCUT2D eigenvalue weighted by atomic mass is 14.2. The van der Waals surface area contributed by atoms with E-state index in [0.717, 1.165) is 0 Å². The van der Waals surface area contributed by atoms with Crippen molar-refractivity contribution in [3.05, 3.63) is 145 Å². The van der Waals surface area contributed by atoms with Crippen molar-refractivity contribution in [2.75, 3.05) is 0 Å². The van der Waals surface area contributed by atoms with Crippen LogP contribution in [0.3, 0.4) is 0 Å². The summed E-state index contributed by atoms with van der Waals surface area (Å²) in [6, 6.07) is -21.3. The molecule has 0 aliphatic carbocycles. The van der Waals surface area contributed by atoms with Crippen molar-refractivity contribution in [3.8, 4) is 22.3 Å². The van der Waals surface area contributed by atoms with E-state index in [-0.39, 0.29) is 0 Å². The maximum absolute atomic E-state index is 9.69. The molecular formula is C38H24. The Kier molecular flexibility index (Phi) is 1.81. The molecule has 0 aromatic heterocycles. The Morgan fingerprint density at radius 2 is 0.789 bits per heavy atom. The van der Waals surface area contributed by atoms with Crippen LogP contribution in [0.2, 0.25) is 0 Å². The van der Waals surface area contributed by atoms with E-state index >= 15 is 0 Å². The van der Waals surface area contributed by atoms with E-state index in [1.807, 2.05) is 0 Å². The van der Waals surface area contributed by atoms with Gasteiger partial charge in [0, 0.05) is 0 Å². The van der Waals surface area contributed by atoms with Crippen molar-refractivity contribution < 1.29 is 32.9 Å². The molecule has 8 aromatic rings. The van der Waals surface area contributed by atoms with E-state index in [0.29, 0.717) is 0 Å². The van der Waals surface area contributed by atoms with Gasteiger partial charge in [0.1, 0.15) is 0 Å². The summed E-state index contributed by atoms with van der Waals surface area (Å²) in [7, 11) is 0. The zero-order valence-electron chi connectivity index (χ0n) is 43.0. The molecular weight excluding hydrogens is 456 g/mol. The zero-order valence-corrected chi connectivity index (χ0v) is 19.0. The standard InChI is InChI=1S/C38H24/c1-2-12-26-23-28(22-21-25(26)11-1)37-32-17-7-9-19-34(32)38(35-20-10-8-18-33(35)37)36-24-27-13-3-4-14-29(27)30-15-5-6-16-31(30)36/h1-24H/i1D,2D,3D,4D,5D,6D,7D,8D,9D,10D,11D,12D,13D,14D,15D,16D,17D,18D,19D,20D,21D,22D,23D,24D. The molecule has 0 bridgehead atoms. The maximum atomic E-state index is 9.69. The van der Waals surface area contributed by atoms with Crippen molar-refractivity contribution in [1.29, 1.82) is 0 Å². The molecule has 0 N–H and O–H groups in total. The first-order valence-corrected chi connectivity index (χ1v) is 11.2. The van der Waals surface area contributed by atoms with Gasteiger partial charge in [0.25, 0.3) is 0 Å². The Balaban J connectivity index is 1.84. The van der Waals surface area contributed by atoms with Crippen LogP contribution < -0.4 is 0 Å². The van der Waals surface area contributed by atoms with Gasteiger partial charge in [0.15, 0.2) is 0 Å². The van der Waals surface area contributed by atoms with E-state index in [1.165, 1.54) is 0 Å². The third-order valence-electron chi connectivity index (χ3n) is 6.25. The largest absolute Gasteiger partial charge is 0.0636 e. The van der Waals surface area contributed by atoms with E-state index in [4.69, 9.17) is 21.9 Å². The fourth-order valence-electron chi connectivity index (χ4n) is 4.69. The molecule has 0 amide bonds. The van der Waals surface area contributed by atoms with Crippen molar-refractivity contribution in [2.24, 2.45) is 0 Å². The highest BCUT2D eigenvalue weighted by Gasteiger charge is 2.18. The molecule has 8 rings (SSSR count). The van der Waals surface area contributed by atoms with E-state index in [9.17, 15) is 11.0 Å². The van der Waals surface area contributed by atoms with Gasteiger partial charge in [0.2, 0.25) is 0 Å². The normalized spacial score (nSPS) is 20.5. The number of hydrogen-bond donors (Lipinski definition) is 0. The van der Waals surface area contributed by atoms with Gasteiger partial charge in [-0.1, -0.05) is 133 Å². The predicted molar refractivity (Wildman–Crippen MR) is 165 cm³/mol.